The van der Waals surface area contributed by atoms with Gasteiger partial charge in [-0.3, -0.25) is 0 Å². The van der Waals surface area contributed by atoms with Crippen LogP contribution in [0.15, 0.2) is 174 Å². The Morgan fingerprint density at radius 3 is 1.91 bits per heavy atom. The van der Waals surface area contributed by atoms with E-state index in [0.29, 0.717) is 0 Å². The lowest BCUT2D eigenvalue weighted by Gasteiger charge is -2.26. The fourth-order valence-corrected chi connectivity index (χ4v) is 7.48. The summed E-state index contributed by atoms with van der Waals surface area (Å²) in [6.45, 7) is 0. The Bertz CT molecular complexity index is 2790. The van der Waals surface area contributed by atoms with E-state index in [2.05, 4.69) is 179 Å². The molecule has 2 aromatic heterocycles. The number of benzene rings is 8. The summed E-state index contributed by atoms with van der Waals surface area (Å²) in [5, 5.41) is 9.46. The predicted octanol–water partition coefficient (Wildman–Crippen LogP) is 12.5. The molecule has 0 aliphatic carbocycles. The summed E-state index contributed by atoms with van der Waals surface area (Å²) < 4.78 is 9.06. The highest BCUT2D eigenvalue weighted by Gasteiger charge is 2.22. The third-order valence-electron chi connectivity index (χ3n) is 9.53. The number of hydrogen-bond donors (Lipinski definition) is 0. The summed E-state index contributed by atoms with van der Waals surface area (Å²) in [5.74, 6) is 0. The van der Waals surface area contributed by atoms with Crippen molar-refractivity contribution in [2.45, 2.75) is 0 Å². The first-order valence-corrected chi connectivity index (χ1v) is 16.0. The molecule has 2 heterocycles. The van der Waals surface area contributed by atoms with Crippen LogP contribution in [0, 0.1) is 0 Å². The molecule has 0 radical (unpaired) electrons. The number of rotatable bonds is 4. The molecule has 8 aromatic carbocycles. The number of para-hydroxylation sites is 2. The highest BCUT2D eigenvalue weighted by Crippen LogP contribution is 2.46. The molecule has 0 fully saturated rings. The van der Waals surface area contributed by atoms with E-state index >= 15 is 0 Å². The van der Waals surface area contributed by atoms with Gasteiger partial charge in [0.05, 0.1) is 22.1 Å². The van der Waals surface area contributed by atoms with Crippen LogP contribution in [0.4, 0.5) is 17.1 Å². The average Bonchev–Trinajstić information content (AvgIpc) is 3.69. The van der Waals surface area contributed by atoms with Crippen molar-refractivity contribution in [1.29, 1.82) is 0 Å². The lowest BCUT2D eigenvalue weighted by atomic mass is 10.0. The molecule has 220 valence electrons. The Kier molecular flexibility index (Phi) is 5.57. The molecule has 0 amide bonds. The van der Waals surface area contributed by atoms with Gasteiger partial charge >= 0.3 is 0 Å². The van der Waals surface area contributed by atoms with E-state index in [9.17, 15) is 0 Å². The van der Waals surface area contributed by atoms with E-state index in [-0.39, 0.29) is 0 Å². The zero-order chi connectivity index (χ0) is 30.9. The van der Waals surface area contributed by atoms with Crippen LogP contribution in [-0.2, 0) is 0 Å². The molecular weight excluding hydrogens is 572 g/mol. The van der Waals surface area contributed by atoms with Gasteiger partial charge < -0.3 is 13.9 Å². The van der Waals surface area contributed by atoms with E-state index in [0.717, 1.165) is 55.6 Å². The summed E-state index contributed by atoms with van der Waals surface area (Å²) in [6, 6.07) is 60.7. The first-order valence-electron chi connectivity index (χ1n) is 16.0. The normalized spacial score (nSPS) is 11.8. The summed E-state index contributed by atoms with van der Waals surface area (Å²) in [7, 11) is 0. The van der Waals surface area contributed by atoms with Crippen molar-refractivity contribution < 1.29 is 4.42 Å². The van der Waals surface area contributed by atoms with Crippen LogP contribution in [0.2, 0.25) is 0 Å². The van der Waals surface area contributed by atoms with Crippen LogP contribution >= 0.6 is 0 Å². The van der Waals surface area contributed by atoms with Gasteiger partial charge in [-0.25, -0.2) is 0 Å². The number of furan rings is 1. The summed E-state index contributed by atoms with van der Waals surface area (Å²) in [5.41, 5.74) is 8.57. The molecule has 0 saturated carbocycles. The molecule has 47 heavy (non-hydrogen) atoms. The molecule has 10 aromatic rings. The zero-order valence-electron chi connectivity index (χ0n) is 25.5. The summed E-state index contributed by atoms with van der Waals surface area (Å²) in [4.78, 5) is 2.37. The van der Waals surface area contributed by atoms with Crippen molar-refractivity contribution in [2.75, 3.05) is 4.90 Å². The van der Waals surface area contributed by atoms with Gasteiger partial charge in [0.15, 0.2) is 0 Å². The Morgan fingerprint density at radius 1 is 0.447 bits per heavy atom. The minimum Gasteiger partial charge on any atom is -0.455 e. The quantitative estimate of drug-likeness (QED) is 0.200. The molecule has 0 saturated heterocycles. The molecule has 0 bridgehead atoms. The van der Waals surface area contributed by atoms with E-state index < -0.39 is 0 Å². The van der Waals surface area contributed by atoms with Crippen molar-refractivity contribution >= 4 is 82.4 Å². The maximum Gasteiger partial charge on any atom is 0.143 e. The van der Waals surface area contributed by atoms with Gasteiger partial charge in [-0.05, 0) is 65.4 Å². The Labute approximate surface area is 271 Å². The zero-order valence-corrected chi connectivity index (χ0v) is 25.5. The van der Waals surface area contributed by atoms with Gasteiger partial charge in [0.2, 0.25) is 0 Å². The van der Waals surface area contributed by atoms with Crippen molar-refractivity contribution in [1.82, 2.24) is 4.57 Å². The third kappa shape index (κ3) is 3.87. The van der Waals surface area contributed by atoms with E-state index in [1.165, 1.54) is 32.4 Å². The Balaban J connectivity index is 1.30. The number of fused-ring (bicyclic) bond motifs is 10. The Hall–Kier alpha value is -6.32. The number of aromatic nitrogens is 1. The molecular formula is C44H28N2O. The van der Waals surface area contributed by atoms with Gasteiger partial charge in [-0.2, -0.15) is 0 Å². The minimum atomic E-state index is 0.876. The molecule has 0 aliphatic heterocycles. The summed E-state index contributed by atoms with van der Waals surface area (Å²) >= 11 is 0. The standard InChI is InChI=1S/C44H28N2O/c1-3-14-31(15-4-1)45(39-20-11-21-41-42(39)38-26-23-30-13-8-10-19-35(30)44(38)47-41)33-24-27-36-37-25-22-29-12-7-9-18-34(29)43(37)46(40(36)28-33)32-16-5-2-6-17-32/h1-28H. The second-order valence-electron chi connectivity index (χ2n) is 12.1. The fraction of sp³-hybridized carbons (Fsp3) is 0. The molecule has 0 N–H and O–H groups in total. The van der Waals surface area contributed by atoms with Crippen LogP contribution in [0.1, 0.15) is 0 Å². The van der Waals surface area contributed by atoms with Crippen LogP contribution < -0.4 is 4.90 Å². The topological polar surface area (TPSA) is 21.3 Å². The van der Waals surface area contributed by atoms with Crippen molar-refractivity contribution in [3.63, 3.8) is 0 Å². The first-order chi connectivity index (χ1) is 23.3. The first kappa shape index (κ1) is 26.0. The van der Waals surface area contributed by atoms with Crippen molar-refractivity contribution in [3.05, 3.63) is 170 Å². The monoisotopic (exact) mass is 600 g/mol. The fourth-order valence-electron chi connectivity index (χ4n) is 7.48. The van der Waals surface area contributed by atoms with Crippen LogP contribution in [0.25, 0.3) is 71.0 Å². The Morgan fingerprint density at radius 2 is 1.11 bits per heavy atom. The summed E-state index contributed by atoms with van der Waals surface area (Å²) in [6.07, 6.45) is 0. The number of hydrogen-bond acceptors (Lipinski definition) is 2. The molecule has 0 aliphatic rings. The smallest absolute Gasteiger partial charge is 0.143 e. The molecule has 0 atom stereocenters. The highest BCUT2D eigenvalue weighted by molar-refractivity contribution is 6.21. The van der Waals surface area contributed by atoms with Crippen LogP contribution in [-0.4, -0.2) is 4.57 Å². The molecule has 0 spiro atoms. The van der Waals surface area contributed by atoms with E-state index in [4.69, 9.17) is 4.42 Å². The maximum atomic E-state index is 6.63. The van der Waals surface area contributed by atoms with Gasteiger partial charge in [0, 0.05) is 44.0 Å². The van der Waals surface area contributed by atoms with Crippen LogP contribution in [0.3, 0.4) is 0 Å². The SMILES string of the molecule is c1ccc(N(c2ccc3c4ccc5ccccc5c4n(-c4ccccc4)c3c2)c2cccc3oc4c5ccccc5ccc4c23)cc1. The van der Waals surface area contributed by atoms with Crippen molar-refractivity contribution in [2.24, 2.45) is 0 Å². The second-order valence-corrected chi connectivity index (χ2v) is 12.1. The third-order valence-corrected chi connectivity index (χ3v) is 9.53. The average molecular weight is 601 g/mol. The van der Waals surface area contributed by atoms with Crippen molar-refractivity contribution in [3.8, 4) is 5.69 Å². The van der Waals surface area contributed by atoms with Gasteiger partial charge in [0.1, 0.15) is 11.2 Å². The van der Waals surface area contributed by atoms with E-state index in [1.54, 1.807) is 0 Å². The predicted molar refractivity (Wildman–Crippen MR) is 198 cm³/mol. The highest BCUT2D eigenvalue weighted by atomic mass is 16.3. The van der Waals surface area contributed by atoms with Gasteiger partial charge in [0.25, 0.3) is 0 Å². The van der Waals surface area contributed by atoms with E-state index in [1.807, 2.05) is 0 Å². The van der Waals surface area contributed by atoms with Gasteiger partial charge in [-0.1, -0.05) is 115 Å². The van der Waals surface area contributed by atoms with Gasteiger partial charge in [-0.15, -0.1) is 0 Å². The molecule has 10 rings (SSSR count). The maximum absolute atomic E-state index is 6.63. The lowest BCUT2D eigenvalue weighted by Crippen LogP contribution is -2.10. The second kappa shape index (κ2) is 10.1. The largest absolute Gasteiger partial charge is 0.455 e. The molecule has 0 unspecified atom stereocenters. The molecule has 3 heteroatoms. The lowest BCUT2D eigenvalue weighted by molar-refractivity contribution is 0.672. The molecule has 3 nitrogen and oxygen atoms in total. The number of nitrogens with zero attached hydrogens (tertiary/aromatic N) is 2. The number of anilines is 3. The van der Waals surface area contributed by atoms with Crippen LogP contribution in [0.5, 0.6) is 0 Å². The minimum absolute atomic E-state index is 0.876.